The third-order valence-electron chi connectivity index (χ3n) is 7.03. The van der Waals surface area contributed by atoms with E-state index in [-0.39, 0.29) is 34.7 Å². The van der Waals surface area contributed by atoms with Gasteiger partial charge in [-0.1, -0.05) is 45.0 Å². The van der Waals surface area contributed by atoms with E-state index in [1.165, 1.54) is 33.8 Å². The average molecular weight is 568 g/mol. The Balaban J connectivity index is 1.63. The molecule has 2 aromatic carbocycles. The Kier molecular flexibility index (Phi) is 8.35. The van der Waals surface area contributed by atoms with E-state index in [1.807, 2.05) is 4.90 Å². The molecular formula is C30H37N3O4S2. The molecule has 208 valence electrons. The summed E-state index contributed by atoms with van der Waals surface area (Å²) < 4.78 is 28.5. The summed E-state index contributed by atoms with van der Waals surface area (Å²) in [6, 6.07) is 15.8. The molecular weight excluding hydrogens is 530 g/mol. The summed E-state index contributed by atoms with van der Waals surface area (Å²) in [4.78, 5) is 28.4. The molecule has 1 aromatic heterocycles. The second kappa shape index (κ2) is 11.2. The highest BCUT2D eigenvalue weighted by atomic mass is 32.2. The number of amides is 2. The van der Waals surface area contributed by atoms with E-state index >= 15 is 0 Å². The normalized spacial score (nSPS) is 15.9. The molecule has 7 nitrogen and oxygen atoms in total. The summed E-state index contributed by atoms with van der Waals surface area (Å²) in [7, 11) is -3.96. The maximum Gasteiger partial charge on any atom is 0.243 e. The van der Waals surface area contributed by atoms with Gasteiger partial charge in [0.05, 0.1) is 17.5 Å². The fraction of sp³-hybridized carbons (Fsp3) is 0.400. The summed E-state index contributed by atoms with van der Waals surface area (Å²) in [5, 5.41) is 4.70. The Morgan fingerprint density at radius 2 is 1.69 bits per heavy atom. The molecule has 9 heteroatoms. The van der Waals surface area contributed by atoms with Gasteiger partial charge in [0.25, 0.3) is 0 Å². The van der Waals surface area contributed by atoms with E-state index < -0.39 is 16.1 Å². The third-order valence-corrected chi connectivity index (χ3v) is 10.1. The molecule has 1 aliphatic heterocycles. The zero-order valence-electron chi connectivity index (χ0n) is 23.4. The third kappa shape index (κ3) is 6.26. The fourth-order valence-electron chi connectivity index (χ4n) is 4.93. The number of nitrogens with zero attached hydrogens (tertiary/aromatic N) is 2. The lowest BCUT2D eigenvalue weighted by molar-refractivity contribution is -0.133. The van der Waals surface area contributed by atoms with Gasteiger partial charge >= 0.3 is 0 Å². The number of thiophene rings is 1. The number of nitrogens with one attached hydrogen (secondary N) is 1. The average Bonchev–Trinajstić information content (AvgIpc) is 3.35. The highest BCUT2D eigenvalue weighted by Crippen LogP contribution is 2.38. The molecule has 1 N–H and O–H groups in total. The summed E-state index contributed by atoms with van der Waals surface area (Å²) in [6.07, 6.45) is 0.744. The predicted molar refractivity (Wildman–Crippen MR) is 156 cm³/mol. The summed E-state index contributed by atoms with van der Waals surface area (Å²) in [5.41, 5.74) is 3.86. The molecule has 2 heterocycles. The Morgan fingerprint density at radius 3 is 2.26 bits per heavy atom. The Bertz CT molecular complexity index is 1440. The molecule has 0 saturated heterocycles. The van der Waals surface area contributed by atoms with Gasteiger partial charge in [-0.2, -0.15) is 4.31 Å². The van der Waals surface area contributed by atoms with E-state index in [4.69, 9.17) is 0 Å². The monoisotopic (exact) mass is 567 g/mol. The van der Waals surface area contributed by atoms with Crippen molar-refractivity contribution in [2.45, 2.75) is 70.4 Å². The van der Waals surface area contributed by atoms with Gasteiger partial charge in [0, 0.05) is 30.1 Å². The van der Waals surface area contributed by atoms with Crippen molar-refractivity contribution in [1.82, 2.24) is 9.21 Å². The first-order valence-corrected chi connectivity index (χ1v) is 15.5. The number of anilines is 1. The first-order chi connectivity index (χ1) is 18.3. The minimum absolute atomic E-state index is 0.0145. The van der Waals surface area contributed by atoms with Crippen molar-refractivity contribution >= 4 is 38.9 Å². The second-order valence-corrected chi connectivity index (χ2v) is 14.2. The minimum atomic E-state index is -3.96. The van der Waals surface area contributed by atoms with Crippen LogP contribution in [0.2, 0.25) is 0 Å². The molecule has 39 heavy (non-hydrogen) atoms. The molecule has 0 aliphatic carbocycles. The smallest absolute Gasteiger partial charge is 0.243 e. The lowest BCUT2D eigenvalue weighted by Gasteiger charge is -2.38. The molecule has 1 atom stereocenters. The van der Waals surface area contributed by atoms with Gasteiger partial charge in [-0.05, 0) is 78.1 Å². The lowest BCUT2D eigenvalue weighted by Crippen LogP contribution is -2.48. The maximum atomic E-state index is 13.9. The van der Waals surface area contributed by atoms with Gasteiger partial charge in [0.15, 0.2) is 0 Å². The van der Waals surface area contributed by atoms with Gasteiger partial charge in [-0.25, -0.2) is 8.42 Å². The number of rotatable bonds is 7. The number of carbonyl (C=O) groups is 2. The molecule has 1 aliphatic rings. The van der Waals surface area contributed by atoms with Gasteiger partial charge in [-0.3, -0.25) is 9.59 Å². The molecule has 4 rings (SSSR count). The van der Waals surface area contributed by atoms with Gasteiger partial charge in [0.1, 0.15) is 0 Å². The molecule has 3 aromatic rings. The zero-order chi connectivity index (χ0) is 28.5. The van der Waals surface area contributed by atoms with E-state index in [9.17, 15) is 18.0 Å². The second-order valence-electron chi connectivity index (χ2n) is 11.3. The zero-order valence-corrected chi connectivity index (χ0v) is 25.0. The summed E-state index contributed by atoms with van der Waals surface area (Å²) in [6.45, 7) is 11.7. The highest BCUT2D eigenvalue weighted by molar-refractivity contribution is 7.89. The van der Waals surface area contributed by atoms with Crippen LogP contribution in [0.1, 0.15) is 69.2 Å². The number of sulfonamides is 1. The number of hydrogen-bond acceptors (Lipinski definition) is 5. The molecule has 0 spiro atoms. The first-order valence-electron chi connectivity index (χ1n) is 13.1. The first kappa shape index (κ1) is 29.0. The minimum Gasteiger partial charge on any atom is -0.330 e. The van der Waals surface area contributed by atoms with Crippen LogP contribution in [0.25, 0.3) is 0 Å². The topological polar surface area (TPSA) is 86.8 Å². The lowest BCUT2D eigenvalue weighted by atomic mass is 9.85. The van der Waals surface area contributed by atoms with Gasteiger partial charge < -0.3 is 10.2 Å². The quantitative estimate of drug-likeness (QED) is 0.404. The van der Waals surface area contributed by atoms with Crippen LogP contribution in [0, 0.1) is 0 Å². The molecule has 2 amide bonds. The Labute approximate surface area is 235 Å². The Hall–Kier alpha value is -3.01. The van der Waals surface area contributed by atoms with Crippen LogP contribution in [-0.4, -0.2) is 48.6 Å². The van der Waals surface area contributed by atoms with E-state index in [1.54, 1.807) is 37.3 Å². The van der Waals surface area contributed by atoms with E-state index in [2.05, 4.69) is 61.8 Å². The van der Waals surface area contributed by atoms with Crippen LogP contribution in [0.3, 0.4) is 0 Å². The van der Waals surface area contributed by atoms with Crippen LogP contribution in [0.15, 0.2) is 64.9 Å². The van der Waals surface area contributed by atoms with E-state index in [0.29, 0.717) is 12.2 Å². The molecule has 0 fully saturated rings. The van der Waals surface area contributed by atoms with E-state index in [0.717, 1.165) is 17.5 Å². The number of hydrogen-bond donors (Lipinski definition) is 1. The van der Waals surface area contributed by atoms with Crippen LogP contribution in [0.4, 0.5) is 5.69 Å². The molecule has 0 saturated carbocycles. The summed E-state index contributed by atoms with van der Waals surface area (Å²) in [5.74, 6) is -0.471. The van der Waals surface area contributed by atoms with Crippen molar-refractivity contribution < 1.29 is 18.0 Å². The largest absolute Gasteiger partial charge is 0.330 e. The highest BCUT2D eigenvalue weighted by Gasteiger charge is 2.36. The molecule has 0 bridgehead atoms. The van der Waals surface area contributed by atoms with Gasteiger partial charge in [0.2, 0.25) is 21.8 Å². The van der Waals surface area contributed by atoms with Crippen molar-refractivity contribution in [2.75, 3.05) is 18.4 Å². The summed E-state index contributed by atoms with van der Waals surface area (Å²) >= 11 is 1.70. The van der Waals surface area contributed by atoms with Crippen LogP contribution >= 0.6 is 11.3 Å². The molecule has 1 unspecified atom stereocenters. The van der Waals surface area contributed by atoms with Crippen molar-refractivity contribution in [2.24, 2.45) is 0 Å². The van der Waals surface area contributed by atoms with Crippen molar-refractivity contribution in [3.8, 4) is 0 Å². The number of carbonyl (C=O) groups excluding carboxylic acids is 2. The number of benzene rings is 2. The SMILES string of the molecule is CC(=O)Nc1ccc(S(=O)(=O)N(CC(=O)N2CCc3sccc3C2c2ccc(C(C)(C)C)cc2)C(C)C)cc1. The van der Waals surface area contributed by atoms with Crippen LogP contribution in [0.5, 0.6) is 0 Å². The Morgan fingerprint density at radius 1 is 1.05 bits per heavy atom. The number of fused-ring (bicyclic) bond motifs is 1. The fourth-order valence-corrected chi connectivity index (χ4v) is 7.42. The van der Waals surface area contributed by atoms with Crippen molar-refractivity contribution in [3.05, 3.63) is 81.5 Å². The predicted octanol–water partition coefficient (Wildman–Crippen LogP) is 5.58. The van der Waals surface area contributed by atoms with Crippen LogP contribution < -0.4 is 5.32 Å². The van der Waals surface area contributed by atoms with Crippen molar-refractivity contribution in [3.63, 3.8) is 0 Å². The molecule has 0 radical (unpaired) electrons. The maximum absolute atomic E-state index is 13.9. The van der Waals surface area contributed by atoms with Gasteiger partial charge in [-0.15, -0.1) is 11.3 Å². The standard InChI is InChI=1S/C30H37N3O4S2/c1-20(2)33(39(36,37)25-13-11-24(12-14-25)31-21(3)34)19-28(35)32-17-15-27-26(16-18-38-27)29(32)22-7-9-23(10-8-22)30(4,5)6/h7-14,16,18,20,29H,15,17,19H2,1-6H3,(H,31,34). The van der Waals surface area contributed by atoms with Crippen LogP contribution in [-0.2, 0) is 31.4 Å². The van der Waals surface area contributed by atoms with Crippen molar-refractivity contribution in [1.29, 1.82) is 0 Å².